The number of benzene rings is 3. The van der Waals surface area contributed by atoms with E-state index in [1.807, 2.05) is 13.1 Å². The van der Waals surface area contributed by atoms with Crippen LogP contribution in [0.15, 0.2) is 41.7 Å². The molecule has 4 aliphatic heterocycles. The first-order valence-electron chi connectivity index (χ1n) is 17.5. The van der Waals surface area contributed by atoms with Gasteiger partial charge < -0.3 is 48.3 Å². The molecule has 0 aromatic heterocycles. The zero-order chi connectivity index (χ0) is 38.1. The van der Waals surface area contributed by atoms with Crippen molar-refractivity contribution in [2.75, 3.05) is 55.1 Å². The van der Waals surface area contributed by atoms with Gasteiger partial charge in [0.15, 0.2) is 40.3 Å². The molecule has 0 bridgehead atoms. The normalized spacial score (nSPS) is 22.9. The molecular weight excluding hydrogens is 724 g/mol. The summed E-state index contributed by atoms with van der Waals surface area (Å²) in [6.07, 6.45) is 0.313. The first-order valence-corrected chi connectivity index (χ1v) is 17.9. The number of aliphatic hydroxyl groups is 1. The maximum absolute atomic E-state index is 14.5. The first kappa shape index (κ1) is 35.7. The Hall–Kier alpha value is -5.34. The van der Waals surface area contributed by atoms with Gasteiger partial charge in [-0.1, -0.05) is 24.6 Å². The molecule has 54 heavy (non-hydrogen) atoms. The summed E-state index contributed by atoms with van der Waals surface area (Å²) in [5.41, 5.74) is 0.276. The van der Waals surface area contributed by atoms with Crippen LogP contribution in [0.3, 0.4) is 0 Å². The molecule has 5 aliphatic rings. The minimum atomic E-state index is -2.03. The Kier molecular flexibility index (Phi) is 8.92. The Morgan fingerprint density at radius 3 is 2.50 bits per heavy atom. The highest BCUT2D eigenvalue weighted by Gasteiger charge is 2.61. The third-order valence-corrected chi connectivity index (χ3v) is 11.4. The molecule has 1 spiro atoms. The summed E-state index contributed by atoms with van der Waals surface area (Å²) in [5.74, 6) is -1.00. The molecule has 14 nitrogen and oxygen atoms in total. The number of aliphatic hydroxyl groups excluding tert-OH is 1. The van der Waals surface area contributed by atoms with Gasteiger partial charge in [0, 0.05) is 55.0 Å². The lowest BCUT2D eigenvalue weighted by molar-refractivity contribution is -0.122. The van der Waals surface area contributed by atoms with Crippen LogP contribution in [0.25, 0.3) is 0 Å². The van der Waals surface area contributed by atoms with Crippen molar-refractivity contribution in [3.8, 4) is 46.0 Å². The summed E-state index contributed by atoms with van der Waals surface area (Å²) in [7, 11) is 6.34. The van der Waals surface area contributed by atoms with Gasteiger partial charge in [-0.15, -0.1) is 0 Å². The van der Waals surface area contributed by atoms with Crippen LogP contribution in [0.5, 0.6) is 46.0 Å². The fourth-order valence-electron chi connectivity index (χ4n) is 8.31. The average molecular weight is 763 g/mol. The Morgan fingerprint density at radius 1 is 1.00 bits per heavy atom. The van der Waals surface area contributed by atoms with E-state index < -0.39 is 40.7 Å². The van der Waals surface area contributed by atoms with Crippen LogP contribution in [0, 0.1) is 5.92 Å². The molecule has 0 saturated carbocycles. The Labute approximate surface area is 315 Å². The maximum Gasteiger partial charge on any atom is 0.231 e. The standard InChI is InChI=1S/C39H39ClN2O12/c1-18-10-23(43)31(37(45)39(18)38(46)32-26(47-3)14-27(48-4)33(40)35(32)54-39)21(19-6-7-24-25(11-19)51-16-50-24)13-29(44)41-15-22-30-20(8-9-42(22)2)12-28-34(36(30)49-5)53-17-52-28/h6-7,11-12,14,18,21-22,45H,8-10,13,15-17H2,1-5H3,(H,41,44). The largest absolute Gasteiger partial charge is 0.507 e. The molecule has 4 atom stereocenters. The molecule has 3 aromatic carbocycles. The Balaban J connectivity index is 1.17. The van der Waals surface area contributed by atoms with Crippen molar-refractivity contribution in [2.24, 2.45) is 5.92 Å². The smallest absolute Gasteiger partial charge is 0.231 e. The molecule has 1 aliphatic carbocycles. The number of likely N-dealkylation sites (N-methyl/N-ethyl adjacent to an activating group) is 1. The quantitative estimate of drug-likeness (QED) is 0.298. The number of hydrogen-bond acceptors (Lipinski definition) is 13. The molecule has 1 amide bonds. The van der Waals surface area contributed by atoms with Crippen molar-refractivity contribution < 1.29 is 57.4 Å². The number of fused-ring (bicyclic) bond motifs is 4. The monoisotopic (exact) mass is 762 g/mol. The first-order chi connectivity index (χ1) is 26.0. The summed E-state index contributed by atoms with van der Waals surface area (Å²) >= 11 is 6.65. The number of allylic oxidation sites excluding steroid dienone is 1. The number of carbonyl (C=O) groups excluding carboxylic acids is 3. The van der Waals surface area contributed by atoms with Gasteiger partial charge in [0.05, 0.1) is 27.4 Å². The second kappa shape index (κ2) is 13.5. The topological polar surface area (TPSA) is 161 Å². The van der Waals surface area contributed by atoms with Gasteiger partial charge in [-0.05, 0) is 42.8 Å². The number of Topliss-reactive ketones (excluding diaryl/α,β-unsaturated/α-hetero) is 2. The van der Waals surface area contributed by atoms with E-state index >= 15 is 0 Å². The molecular formula is C39H39ClN2O12. The van der Waals surface area contributed by atoms with Crippen molar-refractivity contribution in [2.45, 2.75) is 43.7 Å². The Bertz CT molecular complexity index is 2130. The van der Waals surface area contributed by atoms with E-state index in [0.29, 0.717) is 34.3 Å². The van der Waals surface area contributed by atoms with Crippen LogP contribution >= 0.6 is 11.6 Å². The molecule has 2 N–H and O–H groups in total. The fraction of sp³-hybridized carbons (Fsp3) is 0.410. The summed E-state index contributed by atoms with van der Waals surface area (Å²) in [6, 6.07) is 8.21. The molecule has 4 heterocycles. The number of nitrogens with one attached hydrogen (secondary N) is 1. The molecule has 0 radical (unpaired) electrons. The predicted octanol–water partition coefficient (Wildman–Crippen LogP) is 5.08. The van der Waals surface area contributed by atoms with Gasteiger partial charge in [-0.2, -0.15) is 0 Å². The van der Waals surface area contributed by atoms with Crippen LogP contribution in [-0.2, 0) is 16.0 Å². The highest BCUT2D eigenvalue weighted by molar-refractivity contribution is 6.35. The van der Waals surface area contributed by atoms with Gasteiger partial charge in [0.1, 0.15) is 22.1 Å². The number of amides is 1. The fourth-order valence-corrected chi connectivity index (χ4v) is 8.57. The van der Waals surface area contributed by atoms with Crippen molar-refractivity contribution >= 4 is 29.1 Å². The third kappa shape index (κ3) is 5.36. The lowest BCUT2D eigenvalue weighted by atomic mass is 9.69. The van der Waals surface area contributed by atoms with E-state index in [9.17, 15) is 19.5 Å². The van der Waals surface area contributed by atoms with E-state index in [1.54, 1.807) is 32.2 Å². The molecule has 8 rings (SSSR count). The number of carbonyl (C=O) groups is 3. The second-order valence-electron chi connectivity index (χ2n) is 13.9. The van der Waals surface area contributed by atoms with E-state index in [2.05, 4.69) is 10.2 Å². The lowest BCUT2D eigenvalue weighted by Crippen LogP contribution is -2.53. The summed E-state index contributed by atoms with van der Waals surface area (Å²) in [4.78, 5) is 44.8. The number of methoxy groups -OCH3 is 3. The summed E-state index contributed by atoms with van der Waals surface area (Å²) in [6.45, 7) is 2.66. The SMILES string of the molecule is COc1cc(OC)c2c(c1Cl)OC1(C2=O)C(O)=C(C(CC(=O)NCC2c3c(cc4c(c3OC)OCO4)CCN2C)c2ccc3c(c2)OCO3)C(=O)CC1C. The maximum atomic E-state index is 14.5. The number of halogens is 1. The van der Waals surface area contributed by atoms with E-state index in [0.717, 1.165) is 24.1 Å². The number of ketones is 2. The molecule has 4 unspecified atom stereocenters. The summed E-state index contributed by atoms with van der Waals surface area (Å²) in [5, 5.41) is 15.4. The minimum absolute atomic E-state index is 0.00428. The zero-order valence-corrected chi connectivity index (χ0v) is 31.1. The van der Waals surface area contributed by atoms with Gasteiger partial charge in [-0.25, -0.2) is 0 Å². The van der Waals surface area contributed by atoms with E-state index in [1.165, 1.54) is 20.3 Å². The average Bonchev–Trinajstić information content (AvgIpc) is 3.91. The minimum Gasteiger partial charge on any atom is -0.507 e. The van der Waals surface area contributed by atoms with Crippen molar-refractivity contribution in [3.63, 3.8) is 0 Å². The van der Waals surface area contributed by atoms with Crippen molar-refractivity contribution in [1.29, 1.82) is 0 Å². The van der Waals surface area contributed by atoms with Crippen LogP contribution in [-0.4, -0.2) is 88.1 Å². The molecule has 0 fully saturated rings. The highest BCUT2D eigenvalue weighted by atomic mass is 35.5. The molecule has 3 aromatic rings. The molecule has 0 saturated heterocycles. The number of hydrogen-bond donors (Lipinski definition) is 2. The molecule has 15 heteroatoms. The van der Waals surface area contributed by atoms with E-state index in [4.69, 9.17) is 49.5 Å². The van der Waals surface area contributed by atoms with Gasteiger partial charge in [0.25, 0.3) is 0 Å². The number of ether oxygens (including phenoxy) is 8. The van der Waals surface area contributed by atoms with Crippen LogP contribution in [0.2, 0.25) is 5.02 Å². The zero-order valence-electron chi connectivity index (χ0n) is 30.3. The van der Waals surface area contributed by atoms with Crippen LogP contribution in [0.4, 0.5) is 0 Å². The van der Waals surface area contributed by atoms with Crippen LogP contribution < -0.4 is 43.2 Å². The Morgan fingerprint density at radius 2 is 1.74 bits per heavy atom. The molecule has 284 valence electrons. The van der Waals surface area contributed by atoms with Gasteiger partial charge in [-0.3, -0.25) is 19.3 Å². The van der Waals surface area contributed by atoms with Crippen molar-refractivity contribution in [1.82, 2.24) is 10.2 Å². The number of rotatable bonds is 9. The number of nitrogens with zero attached hydrogens (tertiary/aromatic N) is 1. The van der Waals surface area contributed by atoms with Gasteiger partial charge >= 0.3 is 0 Å². The third-order valence-electron chi connectivity index (χ3n) is 11.1. The predicted molar refractivity (Wildman–Crippen MR) is 192 cm³/mol. The highest BCUT2D eigenvalue weighted by Crippen LogP contribution is 2.56. The van der Waals surface area contributed by atoms with Crippen LogP contribution in [0.1, 0.15) is 58.8 Å². The van der Waals surface area contributed by atoms with Gasteiger partial charge in [0.2, 0.25) is 36.6 Å². The lowest BCUT2D eigenvalue weighted by Gasteiger charge is -2.39. The summed E-state index contributed by atoms with van der Waals surface area (Å²) < 4.78 is 45.7. The van der Waals surface area contributed by atoms with E-state index in [-0.39, 0.29) is 72.4 Å². The second-order valence-corrected chi connectivity index (χ2v) is 14.3. The van der Waals surface area contributed by atoms with Crippen molar-refractivity contribution in [3.05, 3.63) is 68.9 Å².